The molecule has 1 aliphatic rings. The van der Waals surface area contributed by atoms with Crippen molar-refractivity contribution in [2.75, 3.05) is 19.8 Å². The average Bonchev–Trinajstić information content (AvgIpc) is 3.15. The molecule has 0 fully saturated rings. The number of nitrogens with zero attached hydrogens (tertiary/aromatic N) is 5. The van der Waals surface area contributed by atoms with Gasteiger partial charge in [0.1, 0.15) is 41.6 Å². The molecule has 1 heterocycles. The topological polar surface area (TPSA) is 224 Å². The minimum atomic E-state index is -1.14. The molecular weight excluding hydrogens is 625 g/mol. The first kappa shape index (κ1) is 61.4. The minimum Gasteiger partial charge on any atom is -0.855 e. The molecule has 0 bridgehead atoms. The van der Waals surface area contributed by atoms with Crippen LogP contribution in [0.3, 0.4) is 0 Å². The molecule has 0 spiro atoms. The van der Waals surface area contributed by atoms with E-state index < -0.39 is 11.2 Å². The average molecular weight is 674 g/mol. The monoisotopic (exact) mass is 673 g/mol. The maximum atomic E-state index is 10.2. The fourth-order valence-corrected chi connectivity index (χ4v) is 1.56. The van der Waals surface area contributed by atoms with E-state index in [-0.39, 0.29) is 83.5 Å². The normalized spacial score (nSPS) is 10.3. The fourth-order valence-electron chi connectivity index (χ4n) is 1.56. The number of aliphatic hydroxyl groups is 1. The van der Waals surface area contributed by atoms with Gasteiger partial charge in [0.05, 0.1) is 43.4 Å². The van der Waals surface area contributed by atoms with E-state index in [2.05, 4.69) is 22.6 Å². The van der Waals surface area contributed by atoms with Crippen LogP contribution in [0.4, 0.5) is 0 Å². The van der Waals surface area contributed by atoms with E-state index in [0.29, 0.717) is 0 Å². The molecule has 1 rings (SSSR count). The largest absolute Gasteiger partial charge is 1.00 e. The summed E-state index contributed by atoms with van der Waals surface area (Å²) in [5.41, 5.74) is -0.892. The molecule has 0 atom stereocenters. The third kappa shape index (κ3) is 44.8. The molecule has 0 saturated carbocycles. The van der Waals surface area contributed by atoms with Crippen molar-refractivity contribution in [3.63, 3.8) is 0 Å². The number of nitriles is 5. The summed E-state index contributed by atoms with van der Waals surface area (Å²) < 4.78 is 14.6. The van der Waals surface area contributed by atoms with Gasteiger partial charge in [-0.25, -0.2) is 0 Å². The Kier molecular flexibility index (Phi) is 55.2. The molecule has 0 unspecified atom stereocenters. The van der Waals surface area contributed by atoms with E-state index in [1.165, 1.54) is 47.1 Å². The van der Waals surface area contributed by atoms with Gasteiger partial charge in [-0.3, -0.25) is 4.79 Å². The van der Waals surface area contributed by atoms with Gasteiger partial charge in [0.25, 0.3) is 0 Å². The molecule has 0 aliphatic carbocycles. The SMILES string of the molecule is C=COCC.C=COCC.CC(=O)C(C)(C)O.CC(C)=O.CC1=C(C#N)C(=C(C#N)C#N)OC1(C)C.CC[O-].Cl.N#CCC#N.[Na+]. The Balaban J connectivity index is -0.0000000664. The molecule has 252 valence electrons. The molecule has 0 amide bonds. The number of hydrogen-bond donors (Lipinski definition) is 1. The molecule has 0 aromatic rings. The van der Waals surface area contributed by atoms with Gasteiger partial charge >= 0.3 is 29.6 Å². The zero-order valence-corrected chi connectivity index (χ0v) is 32.3. The van der Waals surface area contributed by atoms with E-state index in [0.717, 1.165) is 18.8 Å². The first-order valence-electron chi connectivity index (χ1n) is 13.1. The van der Waals surface area contributed by atoms with Crippen LogP contribution in [0, 0.1) is 56.7 Å². The minimum absolute atomic E-state index is 0. The second-order valence-electron chi connectivity index (χ2n) is 8.70. The zero-order chi connectivity index (χ0) is 36.4. The fraction of sp³-hybridized carbons (Fsp3) is 0.531. The van der Waals surface area contributed by atoms with Gasteiger partial charge < -0.3 is 29.2 Å². The van der Waals surface area contributed by atoms with Crippen LogP contribution >= 0.6 is 12.4 Å². The van der Waals surface area contributed by atoms with Crippen molar-refractivity contribution in [3.8, 4) is 30.3 Å². The van der Waals surface area contributed by atoms with Crippen molar-refractivity contribution >= 4 is 24.0 Å². The smallest absolute Gasteiger partial charge is 0.855 e. The second kappa shape index (κ2) is 41.4. The molecule has 12 nitrogen and oxygen atoms in total. The standard InChI is InChI=1S/C11H9N3O.C5H10O2.2C4H8O.C3H2N2.C3H6O.C2H5O.ClH.Na/c1-7-9(6-14)10(8(4-12)5-13)15-11(7,2)3;1-4(6)5(2,3)7;2*1-3-5-4-2;4-2-1-3-5;1-3(2)4;1-2-3;;/h1-3H3;7H,1-3H3;2*3H,1,4H2,2H3;1H2;1-2H3;2H2,1H3;1H;/q;;;;;;-1;;+1. The first-order valence-corrected chi connectivity index (χ1v) is 13.1. The van der Waals surface area contributed by atoms with Gasteiger partial charge in [0, 0.05) is 0 Å². The van der Waals surface area contributed by atoms with Gasteiger partial charge in [-0.2, -0.15) is 26.3 Å². The second-order valence-corrected chi connectivity index (χ2v) is 8.70. The van der Waals surface area contributed by atoms with Crippen LogP contribution in [0.2, 0.25) is 0 Å². The number of ether oxygens (including phenoxy) is 3. The van der Waals surface area contributed by atoms with Gasteiger partial charge in [-0.15, -0.1) is 19.0 Å². The summed E-state index contributed by atoms with van der Waals surface area (Å²) in [6, 6.07) is 8.72. The van der Waals surface area contributed by atoms with Crippen LogP contribution in [-0.2, 0) is 23.8 Å². The van der Waals surface area contributed by atoms with Gasteiger partial charge in [0.2, 0.25) is 0 Å². The van der Waals surface area contributed by atoms with Crippen LogP contribution < -0.4 is 34.7 Å². The van der Waals surface area contributed by atoms with Crippen LogP contribution in [-0.4, -0.2) is 47.7 Å². The van der Waals surface area contributed by atoms with Crippen molar-refractivity contribution in [2.45, 2.75) is 93.8 Å². The predicted molar refractivity (Wildman–Crippen MR) is 172 cm³/mol. The van der Waals surface area contributed by atoms with E-state index in [1.54, 1.807) is 52.0 Å². The maximum Gasteiger partial charge on any atom is 1.00 e. The van der Waals surface area contributed by atoms with E-state index in [9.17, 15) is 9.59 Å². The van der Waals surface area contributed by atoms with E-state index in [1.807, 2.05) is 19.9 Å². The third-order valence-electron chi connectivity index (χ3n) is 4.01. The van der Waals surface area contributed by atoms with Crippen LogP contribution in [0.1, 0.15) is 82.6 Å². The molecule has 1 aliphatic heterocycles. The number of carbonyl (C=O) groups is 2. The van der Waals surface area contributed by atoms with Crippen LogP contribution in [0.5, 0.6) is 0 Å². The number of carbonyl (C=O) groups excluding carboxylic acids is 2. The summed E-state index contributed by atoms with van der Waals surface area (Å²) in [7, 11) is 0. The number of halogens is 1. The third-order valence-corrected chi connectivity index (χ3v) is 4.01. The van der Waals surface area contributed by atoms with Crippen LogP contribution in [0.15, 0.2) is 48.2 Å². The molecule has 46 heavy (non-hydrogen) atoms. The quantitative estimate of drug-likeness (QED) is 0.252. The number of hydrogen-bond acceptors (Lipinski definition) is 12. The van der Waals surface area contributed by atoms with Gasteiger partial charge in [-0.05, 0) is 74.8 Å². The number of rotatable bonds is 5. The Hall–Kier alpha value is -3.64. The van der Waals surface area contributed by atoms with Crippen molar-refractivity contribution < 1.29 is 63.6 Å². The van der Waals surface area contributed by atoms with E-state index in [4.69, 9.17) is 41.3 Å². The molecule has 1 N–H and O–H groups in total. The van der Waals surface area contributed by atoms with Gasteiger partial charge in [-0.1, -0.05) is 20.1 Å². The Labute approximate surface area is 304 Å². The predicted octanol–water partition coefficient (Wildman–Crippen LogP) is 2.43. The number of allylic oxidation sites excluding steroid dienone is 2. The summed E-state index contributed by atoms with van der Waals surface area (Å²) in [5, 5.41) is 59.2. The molecule has 0 aromatic heterocycles. The summed E-state index contributed by atoms with van der Waals surface area (Å²) in [4.78, 5) is 19.7. The van der Waals surface area contributed by atoms with Crippen molar-refractivity contribution in [1.29, 1.82) is 26.3 Å². The van der Waals surface area contributed by atoms with Crippen LogP contribution in [0.25, 0.3) is 0 Å². The summed E-state index contributed by atoms with van der Waals surface area (Å²) in [6.07, 6.45) is 2.86. The number of ketones is 2. The Bertz CT molecular complexity index is 1080. The Morgan fingerprint density at radius 2 is 1.26 bits per heavy atom. The van der Waals surface area contributed by atoms with Crippen molar-refractivity contribution in [3.05, 3.63) is 48.2 Å². The summed E-state index contributed by atoms with van der Waals surface area (Å²) in [5.74, 6) is 0.0671. The first-order chi connectivity index (χ1) is 20.3. The molecule has 0 saturated heterocycles. The zero-order valence-electron chi connectivity index (χ0n) is 29.4. The molecular formula is C32H49ClN5NaO7. The molecule has 0 aromatic carbocycles. The van der Waals surface area contributed by atoms with Gasteiger partial charge in [0.15, 0.2) is 17.1 Å². The maximum absolute atomic E-state index is 10.2. The van der Waals surface area contributed by atoms with Crippen molar-refractivity contribution in [2.24, 2.45) is 0 Å². The Morgan fingerprint density at radius 1 is 0.957 bits per heavy atom. The number of Topliss-reactive ketones (excluding diaryl/α,β-unsaturated/α-hetero) is 2. The Morgan fingerprint density at radius 3 is 1.39 bits per heavy atom. The summed E-state index contributed by atoms with van der Waals surface area (Å²) in [6.45, 7) is 26.2. The van der Waals surface area contributed by atoms with Crippen molar-refractivity contribution in [1.82, 2.24) is 0 Å². The van der Waals surface area contributed by atoms with E-state index >= 15 is 0 Å². The molecule has 14 heteroatoms. The molecule has 0 radical (unpaired) electrons. The summed E-state index contributed by atoms with van der Waals surface area (Å²) >= 11 is 0.